The number of nitrogens with zero attached hydrogens (tertiary/aromatic N) is 1. The second-order valence-corrected chi connectivity index (χ2v) is 10.2. The Labute approximate surface area is 191 Å². The van der Waals surface area contributed by atoms with Gasteiger partial charge in [0.1, 0.15) is 11.1 Å². The summed E-state index contributed by atoms with van der Waals surface area (Å²) in [6.45, 7) is 5.78. The van der Waals surface area contributed by atoms with E-state index in [1.165, 1.54) is 0 Å². The van der Waals surface area contributed by atoms with Crippen LogP contribution >= 0.6 is 0 Å². The first-order valence-corrected chi connectivity index (χ1v) is 12.9. The molecule has 7 heteroatoms. The Bertz CT molecular complexity index is 960. The van der Waals surface area contributed by atoms with Gasteiger partial charge in [0.25, 0.3) is 0 Å². The minimum Gasteiger partial charge on any atom is -0.494 e. The number of rotatable bonds is 10. The van der Waals surface area contributed by atoms with Gasteiger partial charge in [0.2, 0.25) is 0 Å². The lowest BCUT2D eigenvalue weighted by atomic mass is 9.96. The smallest absolute Gasteiger partial charge is 0.309 e. The number of carbonyl (C=O) groups is 1. The van der Waals surface area contributed by atoms with Gasteiger partial charge < -0.3 is 9.47 Å². The maximum Gasteiger partial charge on any atom is 0.309 e. The average molecular weight is 460 g/mol. The molecule has 0 amide bonds. The number of benzene rings is 2. The molecule has 2 atom stereocenters. The van der Waals surface area contributed by atoms with Gasteiger partial charge in [0.05, 0.1) is 24.0 Å². The third kappa shape index (κ3) is 6.11. The van der Waals surface area contributed by atoms with Crippen molar-refractivity contribution in [3.8, 4) is 5.75 Å². The molecule has 1 aliphatic heterocycles. The number of hydrogen-bond donors (Lipinski definition) is 0. The molecule has 0 aromatic heterocycles. The number of hydrogen-bond acceptors (Lipinski definition) is 6. The molecule has 32 heavy (non-hydrogen) atoms. The predicted octanol–water partition coefficient (Wildman–Crippen LogP) is 4.44. The molecule has 2 aromatic rings. The third-order valence-electron chi connectivity index (χ3n) is 5.78. The van der Waals surface area contributed by atoms with Crippen molar-refractivity contribution in [3.63, 3.8) is 0 Å². The van der Waals surface area contributed by atoms with Crippen LogP contribution in [-0.2, 0) is 25.9 Å². The van der Waals surface area contributed by atoms with Gasteiger partial charge in [-0.2, -0.15) is 0 Å². The van der Waals surface area contributed by atoms with Crippen LogP contribution in [0, 0.1) is 5.92 Å². The molecule has 0 radical (unpaired) electrons. The summed E-state index contributed by atoms with van der Waals surface area (Å²) in [4.78, 5) is 14.6. The van der Waals surface area contributed by atoms with E-state index < -0.39 is 21.1 Å². The summed E-state index contributed by atoms with van der Waals surface area (Å²) < 4.78 is 38.2. The lowest BCUT2D eigenvalue weighted by molar-refractivity contribution is -0.149. The maximum atomic E-state index is 13.7. The molecule has 0 bridgehead atoms. The molecule has 0 spiro atoms. The van der Waals surface area contributed by atoms with Crippen LogP contribution in [0.15, 0.2) is 59.5 Å². The number of likely N-dealkylation sites (tertiary alicyclic amines) is 1. The molecule has 2 aromatic carbocycles. The summed E-state index contributed by atoms with van der Waals surface area (Å²) in [6.07, 6.45) is 2.80. The van der Waals surface area contributed by atoms with Crippen molar-refractivity contribution in [2.75, 3.05) is 19.8 Å². The molecule has 0 aliphatic carbocycles. The zero-order chi connectivity index (χ0) is 23.0. The van der Waals surface area contributed by atoms with Crippen molar-refractivity contribution in [2.24, 2.45) is 5.92 Å². The van der Waals surface area contributed by atoms with Crippen molar-refractivity contribution in [1.29, 1.82) is 0 Å². The van der Waals surface area contributed by atoms with Crippen molar-refractivity contribution >= 4 is 15.8 Å². The molecular formula is C25H33NO5S. The number of carbonyl (C=O) groups excluding carboxylic acids is 1. The van der Waals surface area contributed by atoms with Crippen molar-refractivity contribution in [1.82, 2.24) is 4.90 Å². The fraction of sp³-hybridized carbons (Fsp3) is 0.480. The van der Waals surface area contributed by atoms with Crippen LogP contribution in [0.2, 0.25) is 0 Å². The Balaban J connectivity index is 1.83. The summed E-state index contributed by atoms with van der Waals surface area (Å²) in [6, 6.07) is 16.4. The quantitative estimate of drug-likeness (QED) is 0.386. The van der Waals surface area contributed by atoms with E-state index in [1.807, 2.05) is 35.2 Å². The van der Waals surface area contributed by atoms with Crippen LogP contribution < -0.4 is 4.74 Å². The van der Waals surface area contributed by atoms with Crippen LogP contribution in [0.1, 0.15) is 45.1 Å². The lowest BCUT2D eigenvalue weighted by Gasteiger charge is -2.38. The summed E-state index contributed by atoms with van der Waals surface area (Å²) in [5, 5.41) is -0.794. The van der Waals surface area contributed by atoms with Crippen LogP contribution in [-0.4, -0.2) is 44.4 Å². The molecule has 1 fully saturated rings. The predicted molar refractivity (Wildman–Crippen MR) is 124 cm³/mol. The normalized spacial score (nSPS) is 19.4. The zero-order valence-corrected chi connectivity index (χ0v) is 19.7. The third-order valence-corrected chi connectivity index (χ3v) is 7.92. The number of piperidine rings is 1. The summed E-state index contributed by atoms with van der Waals surface area (Å²) >= 11 is 0. The van der Waals surface area contributed by atoms with Crippen LogP contribution in [0.4, 0.5) is 0 Å². The molecule has 174 valence electrons. The van der Waals surface area contributed by atoms with E-state index in [4.69, 9.17) is 9.47 Å². The van der Waals surface area contributed by atoms with Gasteiger partial charge in [-0.1, -0.05) is 43.7 Å². The lowest BCUT2D eigenvalue weighted by Crippen LogP contribution is -2.48. The second-order valence-electron chi connectivity index (χ2n) is 8.10. The number of esters is 1. The fourth-order valence-electron chi connectivity index (χ4n) is 3.99. The zero-order valence-electron chi connectivity index (χ0n) is 18.9. The van der Waals surface area contributed by atoms with Gasteiger partial charge in [-0.15, -0.1) is 0 Å². The maximum absolute atomic E-state index is 13.7. The molecule has 1 heterocycles. The SMILES string of the molecule is CCCCOc1ccc(S(=O)(=O)C2CC(C(=O)OCC)CCN2Cc2ccccc2)cc1. The second kappa shape index (κ2) is 11.5. The Morgan fingerprint density at radius 3 is 2.44 bits per heavy atom. The molecule has 1 aliphatic rings. The van der Waals surface area contributed by atoms with E-state index >= 15 is 0 Å². The van der Waals surface area contributed by atoms with Gasteiger partial charge in [0, 0.05) is 13.1 Å². The van der Waals surface area contributed by atoms with Gasteiger partial charge in [-0.3, -0.25) is 9.69 Å². The standard InChI is InChI=1S/C25H33NO5S/c1-3-5-17-31-22-11-13-23(14-12-22)32(28,29)24-18-21(25(27)30-4-2)15-16-26(24)19-20-9-7-6-8-10-20/h6-14,21,24H,3-5,15-19H2,1-2H3. The Morgan fingerprint density at radius 2 is 1.78 bits per heavy atom. The van der Waals surface area contributed by atoms with Crippen molar-refractivity contribution in [3.05, 3.63) is 60.2 Å². The first kappa shape index (κ1) is 24.3. The number of unbranched alkanes of at least 4 members (excludes halogenated alkanes) is 1. The van der Waals surface area contributed by atoms with E-state index in [2.05, 4.69) is 6.92 Å². The highest BCUT2D eigenvalue weighted by atomic mass is 32.2. The highest BCUT2D eigenvalue weighted by molar-refractivity contribution is 7.92. The minimum absolute atomic E-state index is 0.225. The molecule has 0 N–H and O–H groups in total. The van der Waals surface area contributed by atoms with Crippen LogP contribution in [0.5, 0.6) is 5.75 Å². The summed E-state index contributed by atoms with van der Waals surface area (Å²) in [5.41, 5.74) is 1.04. The topological polar surface area (TPSA) is 72.9 Å². The van der Waals surface area contributed by atoms with E-state index in [0.29, 0.717) is 38.5 Å². The molecule has 0 saturated carbocycles. The first-order valence-electron chi connectivity index (χ1n) is 11.4. The van der Waals surface area contributed by atoms with Crippen LogP contribution in [0.3, 0.4) is 0 Å². The fourth-order valence-corrected chi connectivity index (χ4v) is 5.88. The van der Waals surface area contributed by atoms with Gasteiger partial charge in [-0.25, -0.2) is 8.42 Å². The number of ether oxygens (including phenoxy) is 2. The number of sulfone groups is 1. The van der Waals surface area contributed by atoms with Gasteiger partial charge in [0.15, 0.2) is 9.84 Å². The van der Waals surface area contributed by atoms with E-state index in [-0.39, 0.29) is 17.3 Å². The minimum atomic E-state index is -3.69. The Hall–Kier alpha value is -2.38. The van der Waals surface area contributed by atoms with Gasteiger partial charge in [-0.05, 0) is 56.0 Å². The molecule has 6 nitrogen and oxygen atoms in total. The largest absolute Gasteiger partial charge is 0.494 e. The highest BCUT2D eigenvalue weighted by Gasteiger charge is 2.41. The molecule has 1 saturated heterocycles. The van der Waals surface area contributed by atoms with Crippen LogP contribution in [0.25, 0.3) is 0 Å². The van der Waals surface area contributed by atoms with E-state index in [0.717, 1.165) is 18.4 Å². The molecular weight excluding hydrogens is 426 g/mol. The van der Waals surface area contributed by atoms with Crippen molar-refractivity contribution in [2.45, 2.75) is 56.3 Å². The Kier molecular flexibility index (Phi) is 8.70. The highest BCUT2D eigenvalue weighted by Crippen LogP contribution is 2.32. The molecule has 2 unspecified atom stereocenters. The van der Waals surface area contributed by atoms with E-state index in [1.54, 1.807) is 31.2 Å². The monoisotopic (exact) mass is 459 g/mol. The summed E-state index contributed by atoms with van der Waals surface area (Å²) in [7, 11) is -3.69. The van der Waals surface area contributed by atoms with Gasteiger partial charge >= 0.3 is 5.97 Å². The van der Waals surface area contributed by atoms with E-state index in [9.17, 15) is 13.2 Å². The Morgan fingerprint density at radius 1 is 1.06 bits per heavy atom. The van der Waals surface area contributed by atoms with Crippen molar-refractivity contribution < 1.29 is 22.7 Å². The first-order chi connectivity index (χ1) is 15.5. The summed E-state index contributed by atoms with van der Waals surface area (Å²) in [5.74, 6) is -0.0725. The average Bonchev–Trinajstić information content (AvgIpc) is 2.80. The molecule has 3 rings (SSSR count).